The second-order valence-electron chi connectivity index (χ2n) is 3.81. The van der Waals surface area contributed by atoms with E-state index in [9.17, 15) is 12.8 Å². The average Bonchev–Trinajstić information content (AvgIpc) is 3.01. The van der Waals surface area contributed by atoms with Crippen LogP contribution in [0.2, 0.25) is 0 Å². The van der Waals surface area contributed by atoms with Gasteiger partial charge in [-0.2, -0.15) is 0 Å². The highest BCUT2D eigenvalue weighted by atomic mass is 32.2. The lowest BCUT2D eigenvalue weighted by Crippen LogP contribution is -2.25. The molecule has 0 amide bonds. The van der Waals surface area contributed by atoms with Crippen molar-refractivity contribution in [2.24, 2.45) is 0 Å². The summed E-state index contributed by atoms with van der Waals surface area (Å²) in [4.78, 5) is -0.103. The lowest BCUT2D eigenvalue weighted by Gasteiger charge is -2.06. The first-order valence-corrected chi connectivity index (χ1v) is 6.43. The van der Waals surface area contributed by atoms with Gasteiger partial charge in [-0.3, -0.25) is 0 Å². The zero-order valence-electron chi connectivity index (χ0n) is 8.48. The molecule has 1 aliphatic rings. The van der Waals surface area contributed by atoms with E-state index < -0.39 is 22.4 Å². The Balaban J connectivity index is 2.29. The average molecular weight is 245 g/mol. The minimum Gasteiger partial charge on any atom is -0.392 e. The van der Waals surface area contributed by atoms with Crippen LogP contribution in [0.15, 0.2) is 23.1 Å². The number of aliphatic hydroxyl groups is 1. The molecule has 0 bridgehead atoms. The number of nitrogens with one attached hydrogen (secondary N) is 1. The van der Waals surface area contributed by atoms with Gasteiger partial charge in [0.1, 0.15) is 5.82 Å². The summed E-state index contributed by atoms with van der Waals surface area (Å²) < 4.78 is 39.1. The molecule has 0 spiro atoms. The second-order valence-corrected chi connectivity index (χ2v) is 5.52. The summed E-state index contributed by atoms with van der Waals surface area (Å²) in [6.07, 6.45) is 1.66. The number of sulfonamides is 1. The van der Waals surface area contributed by atoms with Gasteiger partial charge >= 0.3 is 0 Å². The molecule has 1 aromatic carbocycles. The van der Waals surface area contributed by atoms with Crippen molar-refractivity contribution in [1.29, 1.82) is 0 Å². The Bertz CT molecular complexity index is 497. The zero-order chi connectivity index (χ0) is 11.8. The van der Waals surface area contributed by atoms with Crippen molar-refractivity contribution in [2.75, 3.05) is 0 Å². The maximum atomic E-state index is 13.3. The van der Waals surface area contributed by atoms with E-state index in [4.69, 9.17) is 5.11 Å². The maximum Gasteiger partial charge on any atom is 0.240 e. The first-order valence-electron chi connectivity index (χ1n) is 4.94. The predicted molar refractivity (Wildman–Crippen MR) is 55.7 cm³/mol. The molecule has 6 heteroatoms. The van der Waals surface area contributed by atoms with Crippen LogP contribution >= 0.6 is 0 Å². The van der Waals surface area contributed by atoms with Gasteiger partial charge in [-0.15, -0.1) is 0 Å². The monoisotopic (exact) mass is 245 g/mol. The molecule has 1 aliphatic carbocycles. The summed E-state index contributed by atoms with van der Waals surface area (Å²) in [7, 11) is -3.62. The summed E-state index contributed by atoms with van der Waals surface area (Å²) >= 11 is 0. The first kappa shape index (κ1) is 11.5. The van der Waals surface area contributed by atoms with Crippen LogP contribution in [-0.2, 0) is 16.6 Å². The second kappa shape index (κ2) is 4.12. The van der Waals surface area contributed by atoms with Crippen molar-refractivity contribution in [1.82, 2.24) is 4.72 Å². The molecule has 4 nitrogen and oxygen atoms in total. The third kappa shape index (κ3) is 2.40. The Hall–Kier alpha value is -0.980. The number of rotatable bonds is 4. The van der Waals surface area contributed by atoms with Gasteiger partial charge in [0.05, 0.1) is 11.5 Å². The zero-order valence-corrected chi connectivity index (χ0v) is 9.30. The predicted octanol–water partition coefficient (Wildman–Crippen LogP) is 0.759. The fourth-order valence-corrected chi connectivity index (χ4v) is 2.63. The molecule has 1 aromatic rings. The van der Waals surface area contributed by atoms with Gasteiger partial charge in [-0.05, 0) is 25.0 Å². The van der Waals surface area contributed by atoms with Gasteiger partial charge in [-0.1, -0.05) is 6.07 Å². The first-order chi connectivity index (χ1) is 7.53. The van der Waals surface area contributed by atoms with E-state index in [0.29, 0.717) is 0 Å². The summed E-state index contributed by atoms with van der Waals surface area (Å²) in [6, 6.07) is 3.48. The van der Waals surface area contributed by atoms with Gasteiger partial charge in [0.2, 0.25) is 10.0 Å². The highest BCUT2D eigenvalue weighted by molar-refractivity contribution is 7.89. The van der Waals surface area contributed by atoms with E-state index in [1.54, 1.807) is 0 Å². The standard InChI is InChI=1S/C10H12FNO3S/c11-10-5-9(4-1-7(10)6-13)16(14,15)12-8-2-3-8/h1,4-5,8,12-13H,2-3,6H2. The summed E-state index contributed by atoms with van der Waals surface area (Å²) in [5.41, 5.74) is 0.0883. The largest absolute Gasteiger partial charge is 0.392 e. The number of hydrogen-bond donors (Lipinski definition) is 2. The van der Waals surface area contributed by atoms with Crippen LogP contribution in [0.4, 0.5) is 4.39 Å². The van der Waals surface area contributed by atoms with Crippen molar-refractivity contribution in [3.63, 3.8) is 0 Å². The molecule has 1 saturated carbocycles. The van der Waals surface area contributed by atoms with Crippen molar-refractivity contribution in [3.05, 3.63) is 29.6 Å². The molecule has 0 unspecified atom stereocenters. The minimum absolute atomic E-state index is 0.00872. The van der Waals surface area contributed by atoms with E-state index in [1.807, 2.05) is 0 Å². The van der Waals surface area contributed by atoms with Gasteiger partial charge < -0.3 is 5.11 Å². The molecule has 16 heavy (non-hydrogen) atoms. The van der Waals surface area contributed by atoms with Crippen molar-refractivity contribution < 1.29 is 17.9 Å². The topological polar surface area (TPSA) is 66.4 Å². The number of aliphatic hydroxyl groups excluding tert-OH is 1. The molecular weight excluding hydrogens is 233 g/mol. The SMILES string of the molecule is O=S(=O)(NC1CC1)c1ccc(CO)c(F)c1. The van der Waals surface area contributed by atoms with Crippen LogP contribution < -0.4 is 4.72 Å². The van der Waals surface area contributed by atoms with E-state index in [-0.39, 0.29) is 16.5 Å². The van der Waals surface area contributed by atoms with Gasteiger partial charge in [-0.25, -0.2) is 17.5 Å². The molecule has 88 valence electrons. The van der Waals surface area contributed by atoms with E-state index >= 15 is 0 Å². The molecule has 1 fully saturated rings. The molecule has 0 atom stereocenters. The van der Waals surface area contributed by atoms with Crippen LogP contribution in [0.1, 0.15) is 18.4 Å². The van der Waals surface area contributed by atoms with E-state index in [1.165, 1.54) is 12.1 Å². The van der Waals surface area contributed by atoms with Gasteiger partial charge in [0, 0.05) is 11.6 Å². The Morgan fingerprint density at radius 2 is 2.12 bits per heavy atom. The number of hydrogen-bond acceptors (Lipinski definition) is 3. The molecule has 2 rings (SSSR count). The Labute approximate surface area is 93.2 Å². The van der Waals surface area contributed by atoms with Crippen molar-refractivity contribution in [2.45, 2.75) is 30.4 Å². The quantitative estimate of drug-likeness (QED) is 0.823. The lowest BCUT2D eigenvalue weighted by atomic mass is 10.2. The fraction of sp³-hybridized carbons (Fsp3) is 0.400. The van der Waals surface area contributed by atoms with Crippen molar-refractivity contribution in [3.8, 4) is 0 Å². The molecule has 0 aliphatic heterocycles. The summed E-state index contributed by atoms with van der Waals surface area (Å²) in [6.45, 7) is -0.442. The van der Waals surface area contributed by atoms with Crippen LogP contribution in [0.5, 0.6) is 0 Å². The summed E-state index contributed by atoms with van der Waals surface area (Å²) in [5, 5.41) is 8.76. The van der Waals surface area contributed by atoms with Gasteiger partial charge in [0.25, 0.3) is 0 Å². The molecule has 0 heterocycles. The maximum absolute atomic E-state index is 13.3. The highest BCUT2D eigenvalue weighted by Gasteiger charge is 2.28. The minimum atomic E-state index is -3.62. The van der Waals surface area contributed by atoms with Crippen LogP contribution in [0.3, 0.4) is 0 Å². The van der Waals surface area contributed by atoms with Crippen molar-refractivity contribution >= 4 is 10.0 Å². The molecule has 2 N–H and O–H groups in total. The normalized spacial score (nSPS) is 16.4. The van der Waals surface area contributed by atoms with E-state index in [2.05, 4.69) is 4.72 Å². The smallest absolute Gasteiger partial charge is 0.240 e. The van der Waals surface area contributed by atoms with E-state index in [0.717, 1.165) is 18.9 Å². The molecular formula is C10H12FNO3S. The lowest BCUT2D eigenvalue weighted by molar-refractivity contribution is 0.275. The number of benzene rings is 1. The summed E-state index contributed by atoms with van der Waals surface area (Å²) in [5.74, 6) is -0.707. The fourth-order valence-electron chi connectivity index (χ4n) is 1.31. The van der Waals surface area contributed by atoms with Crippen LogP contribution in [-0.4, -0.2) is 19.6 Å². The van der Waals surface area contributed by atoms with Crippen LogP contribution in [0, 0.1) is 5.82 Å². The Morgan fingerprint density at radius 1 is 1.44 bits per heavy atom. The van der Waals surface area contributed by atoms with Crippen LogP contribution in [0.25, 0.3) is 0 Å². The third-order valence-corrected chi connectivity index (χ3v) is 3.92. The molecule has 0 aromatic heterocycles. The third-order valence-electron chi connectivity index (χ3n) is 2.40. The number of halogens is 1. The van der Waals surface area contributed by atoms with Gasteiger partial charge in [0.15, 0.2) is 0 Å². The Morgan fingerprint density at radius 3 is 2.62 bits per heavy atom. The molecule has 0 saturated heterocycles. The Kier molecular flexibility index (Phi) is 2.96. The molecule has 0 radical (unpaired) electrons. The highest BCUT2D eigenvalue weighted by Crippen LogP contribution is 2.23.